The van der Waals surface area contributed by atoms with E-state index in [4.69, 9.17) is 0 Å². The minimum atomic E-state index is -0.166. The standard InChI is InChI=1S/C17H27FN2/c1-4-20-11-9-16(10-12-20)14(3)19-13(2)15-5-7-17(18)8-6-15/h5-8,13-14,16,19H,4,9-12H2,1-3H3. The lowest BCUT2D eigenvalue weighted by molar-refractivity contribution is 0.165. The van der Waals surface area contributed by atoms with Crippen molar-refractivity contribution in [1.29, 1.82) is 0 Å². The van der Waals surface area contributed by atoms with Gasteiger partial charge in [-0.15, -0.1) is 0 Å². The van der Waals surface area contributed by atoms with Crippen LogP contribution in [0.3, 0.4) is 0 Å². The third-order valence-corrected chi connectivity index (χ3v) is 4.67. The maximum Gasteiger partial charge on any atom is 0.123 e. The van der Waals surface area contributed by atoms with E-state index in [0.717, 1.165) is 11.5 Å². The van der Waals surface area contributed by atoms with E-state index in [2.05, 4.69) is 31.0 Å². The van der Waals surface area contributed by atoms with Crippen LogP contribution in [0.15, 0.2) is 24.3 Å². The van der Waals surface area contributed by atoms with Gasteiger partial charge in [-0.2, -0.15) is 0 Å². The van der Waals surface area contributed by atoms with Crippen LogP contribution in [-0.2, 0) is 0 Å². The van der Waals surface area contributed by atoms with Crippen LogP contribution in [-0.4, -0.2) is 30.6 Å². The van der Waals surface area contributed by atoms with Gasteiger partial charge in [0.25, 0.3) is 0 Å². The van der Waals surface area contributed by atoms with Gasteiger partial charge in [0, 0.05) is 12.1 Å². The zero-order valence-corrected chi connectivity index (χ0v) is 12.9. The lowest BCUT2D eigenvalue weighted by atomic mass is 9.89. The number of benzene rings is 1. The fraction of sp³-hybridized carbons (Fsp3) is 0.647. The van der Waals surface area contributed by atoms with Gasteiger partial charge in [0.05, 0.1) is 0 Å². The van der Waals surface area contributed by atoms with E-state index >= 15 is 0 Å². The molecule has 2 nitrogen and oxygen atoms in total. The third kappa shape index (κ3) is 4.03. The van der Waals surface area contributed by atoms with Crippen LogP contribution in [0.4, 0.5) is 4.39 Å². The first-order valence-electron chi connectivity index (χ1n) is 7.84. The van der Waals surface area contributed by atoms with Crippen LogP contribution < -0.4 is 5.32 Å². The summed E-state index contributed by atoms with van der Waals surface area (Å²) in [4.78, 5) is 2.52. The molecule has 0 saturated carbocycles. The summed E-state index contributed by atoms with van der Waals surface area (Å²) in [5.41, 5.74) is 1.16. The molecule has 1 aromatic carbocycles. The van der Waals surface area contributed by atoms with Gasteiger partial charge in [0.1, 0.15) is 5.82 Å². The summed E-state index contributed by atoms with van der Waals surface area (Å²) in [7, 11) is 0. The van der Waals surface area contributed by atoms with Crippen LogP contribution in [0.1, 0.15) is 45.2 Å². The predicted molar refractivity (Wildman–Crippen MR) is 82.3 cm³/mol. The topological polar surface area (TPSA) is 15.3 Å². The number of hydrogen-bond acceptors (Lipinski definition) is 2. The first kappa shape index (κ1) is 15.5. The average Bonchev–Trinajstić information content (AvgIpc) is 2.48. The van der Waals surface area contributed by atoms with Crippen LogP contribution in [0.25, 0.3) is 0 Å². The molecule has 1 saturated heterocycles. The molecule has 20 heavy (non-hydrogen) atoms. The van der Waals surface area contributed by atoms with Crippen molar-refractivity contribution in [3.05, 3.63) is 35.6 Å². The summed E-state index contributed by atoms with van der Waals surface area (Å²) in [5.74, 6) is 0.585. The molecule has 0 radical (unpaired) electrons. The molecule has 1 aliphatic rings. The second-order valence-electron chi connectivity index (χ2n) is 6.00. The van der Waals surface area contributed by atoms with Gasteiger partial charge in [-0.25, -0.2) is 4.39 Å². The predicted octanol–water partition coefficient (Wildman–Crippen LogP) is 3.60. The Morgan fingerprint density at radius 2 is 1.80 bits per heavy atom. The highest BCUT2D eigenvalue weighted by Gasteiger charge is 2.24. The van der Waals surface area contributed by atoms with E-state index in [1.807, 2.05) is 12.1 Å². The lowest BCUT2D eigenvalue weighted by Gasteiger charge is -2.35. The summed E-state index contributed by atoms with van der Waals surface area (Å²) in [6, 6.07) is 7.61. The number of piperidine rings is 1. The lowest BCUT2D eigenvalue weighted by Crippen LogP contribution is -2.42. The summed E-state index contributed by atoms with van der Waals surface area (Å²) >= 11 is 0. The van der Waals surface area contributed by atoms with Gasteiger partial charge in [0.15, 0.2) is 0 Å². The molecule has 0 amide bonds. The summed E-state index contributed by atoms with van der Waals surface area (Å²) in [6.07, 6.45) is 2.55. The van der Waals surface area contributed by atoms with Crippen molar-refractivity contribution < 1.29 is 4.39 Å². The SMILES string of the molecule is CCN1CCC(C(C)NC(C)c2ccc(F)cc2)CC1. The number of halogens is 1. The molecule has 1 aromatic rings. The van der Waals surface area contributed by atoms with Crippen molar-refractivity contribution in [1.82, 2.24) is 10.2 Å². The molecule has 2 unspecified atom stereocenters. The van der Waals surface area contributed by atoms with Gasteiger partial charge < -0.3 is 10.2 Å². The zero-order valence-electron chi connectivity index (χ0n) is 12.9. The average molecular weight is 278 g/mol. The van der Waals surface area contributed by atoms with Crippen molar-refractivity contribution in [2.24, 2.45) is 5.92 Å². The van der Waals surface area contributed by atoms with E-state index in [1.54, 1.807) is 0 Å². The van der Waals surface area contributed by atoms with Gasteiger partial charge in [-0.1, -0.05) is 19.1 Å². The van der Waals surface area contributed by atoms with Gasteiger partial charge >= 0.3 is 0 Å². The Bertz CT molecular complexity index is 396. The fourth-order valence-corrected chi connectivity index (χ4v) is 3.15. The first-order chi connectivity index (χ1) is 9.60. The molecular formula is C17H27FN2. The van der Waals surface area contributed by atoms with Crippen LogP contribution >= 0.6 is 0 Å². The van der Waals surface area contributed by atoms with E-state index < -0.39 is 0 Å². The molecule has 1 fully saturated rings. The van der Waals surface area contributed by atoms with E-state index in [9.17, 15) is 4.39 Å². The molecule has 1 heterocycles. The highest BCUT2D eigenvalue weighted by Crippen LogP contribution is 2.23. The maximum absolute atomic E-state index is 12.9. The third-order valence-electron chi connectivity index (χ3n) is 4.67. The molecular weight excluding hydrogens is 251 g/mol. The Labute approximate surface area is 122 Å². The summed E-state index contributed by atoms with van der Waals surface area (Å²) in [5, 5.41) is 3.68. The second kappa shape index (κ2) is 7.19. The van der Waals surface area contributed by atoms with Crippen molar-refractivity contribution in [2.45, 2.75) is 45.7 Å². The normalized spacial score (nSPS) is 20.8. The number of rotatable bonds is 5. The van der Waals surface area contributed by atoms with Crippen LogP contribution in [0.2, 0.25) is 0 Å². The molecule has 0 aromatic heterocycles. The molecule has 2 rings (SSSR count). The Morgan fingerprint density at radius 3 is 2.35 bits per heavy atom. The van der Waals surface area contributed by atoms with Gasteiger partial charge in [-0.05, 0) is 69.9 Å². The van der Waals surface area contributed by atoms with Crippen molar-refractivity contribution in [2.75, 3.05) is 19.6 Å². The number of likely N-dealkylation sites (tertiary alicyclic amines) is 1. The van der Waals surface area contributed by atoms with E-state index in [1.165, 1.54) is 44.6 Å². The monoisotopic (exact) mass is 278 g/mol. The Balaban J connectivity index is 1.84. The van der Waals surface area contributed by atoms with Crippen LogP contribution in [0, 0.1) is 11.7 Å². The van der Waals surface area contributed by atoms with Crippen molar-refractivity contribution >= 4 is 0 Å². The Morgan fingerprint density at radius 1 is 1.20 bits per heavy atom. The molecule has 3 heteroatoms. The summed E-state index contributed by atoms with van der Waals surface area (Å²) in [6.45, 7) is 10.3. The maximum atomic E-state index is 12.9. The smallest absolute Gasteiger partial charge is 0.123 e. The zero-order chi connectivity index (χ0) is 14.5. The Hall–Kier alpha value is -0.930. The number of nitrogens with zero attached hydrogens (tertiary/aromatic N) is 1. The van der Waals surface area contributed by atoms with Crippen molar-refractivity contribution in [3.8, 4) is 0 Å². The van der Waals surface area contributed by atoms with E-state index in [-0.39, 0.29) is 11.9 Å². The van der Waals surface area contributed by atoms with Crippen LogP contribution in [0.5, 0.6) is 0 Å². The molecule has 0 aliphatic carbocycles. The minimum Gasteiger partial charge on any atom is -0.307 e. The molecule has 2 atom stereocenters. The van der Waals surface area contributed by atoms with Crippen molar-refractivity contribution in [3.63, 3.8) is 0 Å². The highest BCUT2D eigenvalue weighted by atomic mass is 19.1. The Kier molecular flexibility index (Phi) is 5.55. The van der Waals surface area contributed by atoms with Gasteiger partial charge in [-0.3, -0.25) is 0 Å². The second-order valence-corrected chi connectivity index (χ2v) is 6.00. The van der Waals surface area contributed by atoms with E-state index in [0.29, 0.717) is 6.04 Å². The first-order valence-corrected chi connectivity index (χ1v) is 7.84. The molecule has 0 bridgehead atoms. The number of hydrogen-bond donors (Lipinski definition) is 1. The molecule has 0 spiro atoms. The fourth-order valence-electron chi connectivity index (χ4n) is 3.15. The summed E-state index contributed by atoms with van der Waals surface area (Å²) < 4.78 is 12.9. The molecule has 1 aliphatic heterocycles. The largest absolute Gasteiger partial charge is 0.307 e. The molecule has 1 N–H and O–H groups in total. The highest BCUT2D eigenvalue weighted by molar-refractivity contribution is 5.19. The van der Waals surface area contributed by atoms with Gasteiger partial charge in [0.2, 0.25) is 0 Å². The molecule has 112 valence electrons. The number of nitrogens with one attached hydrogen (secondary N) is 1. The quantitative estimate of drug-likeness (QED) is 0.885. The minimum absolute atomic E-state index is 0.166.